The Balaban J connectivity index is 5.24. The van der Waals surface area contributed by atoms with E-state index < -0.39 is 0 Å². The molecule has 200 valence electrons. The molecule has 0 heteroatoms. The molecule has 0 radical (unpaired) electrons. The Kier molecular flexibility index (Phi) is 14.5. The van der Waals surface area contributed by atoms with E-state index >= 15 is 0 Å². The first-order valence-corrected chi connectivity index (χ1v) is 15.0. The topological polar surface area (TPSA) is 0 Å². The van der Waals surface area contributed by atoms with Gasteiger partial charge in [0.25, 0.3) is 0 Å². The third kappa shape index (κ3) is 8.56. The molecule has 0 bridgehead atoms. The van der Waals surface area contributed by atoms with Gasteiger partial charge in [0.1, 0.15) is 0 Å². The van der Waals surface area contributed by atoms with Crippen LogP contribution < -0.4 is 0 Å². The van der Waals surface area contributed by atoms with Crippen LogP contribution in [0.2, 0.25) is 0 Å². The van der Waals surface area contributed by atoms with Crippen LogP contribution in [0.3, 0.4) is 0 Å². The lowest BCUT2D eigenvalue weighted by molar-refractivity contribution is 0.0574. The van der Waals surface area contributed by atoms with Gasteiger partial charge in [0.05, 0.1) is 0 Å². The molecule has 0 heterocycles. The Hall–Kier alpha value is 0. The first-order chi connectivity index (χ1) is 15.0. The van der Waals surface area contributed by atoms with E-state index in [2.05, 4.69) is 118 Å². The highest BCUT2D eigenvalue weighted by molar-refractivity contribution is 4.85. The summed E-state index contributed by atoms with van der Waals surface area (Å²) in [4.78, 5) is 0. The van der Waals surface area contributed by atoms with Crippen LogP contribution in [0.5, 0.6) is 0 Å². The zero-order valence-corrected chi connectivity index (χ0v) is 26.4. The van der Waals surface area contributed by atoms with Crippen LogP contribution in [0.4, 0.5) is 0 Å². The van der Waals surface area contributed by atoms with Gasteiger partial charge in [-0.25, -0.2) is 0 Å². The lowest BCUT2D eigenvalue weighted by Crippen LogP contribution is -2.36. The molecule has 14 unspecified atom stereocenters. The molecule has 0 aromatic heterocycles. The third-order valence-corrected chi connectivity index (χ3v) is 12.5. The maximum absolute atomic E-state index is 2.56. The van der Waals surface area contributed by atoms with Crippen LogP contribution in [-0.2, 0) is 0 Å². The van der Waals surface area contributed by atoms with Gasteiger partial charge in [-0.2, -0.15) is 0 Å². The molecule has 0 saturated carbocycles. The second-order valence-corrected chi connectivity index (χ2v) is 13.8. The van der Waals surface area contributed by atoms with Crippen molar-refractivity contribution in [1.29, 1.82) is 0 Å². The van der Waals surface area contributed by atoms with Crippen molar-refractivity contribution in [1.82, 2.24) is 0 Å². The molecule has 0 saturated heterocycles. The molecule has 0 fully saturated rings. The molecular weight excluding hydrogens is 396 g/mol. The molecule has 14 atom stereocenters. The van der Waals surface area contributed by atoms with Crippen LogP contribution in [0.1, 0.15) is 124 Å². The summed E-state index contributed by atoms with van der Waals surface area (Å²) in [5.41, 5.74) is 0. The van der Waals surface area contributed by atoms with Crippen molar-refractivity contribution in [3.63, 3.8) is 0 Å². The Labute approximate surface area is 212 Å². The van der Waals surface area contributed by atoms with E-state index in [1.54, 1.807) is 0 Å². The van der Waals surface area contributed by atoms with E-state index in [4.69, 9.17) is 0 Å². The smallest absolute Gasteiger partial charge is 0.0386 e. The third-order valence-electron chi connectivity index (χ3n) is 12.5. The SMILES string of the molecule is CCC(C)C(C)C(C)C(C)C(C)C(C)C(C)C(C)C(C)C(C)C(C)C(C)C(C)C(C)C(C)C. The maximum Gasteiger partial charge on any atom is -0.0386 e. The van der Waals surface area contributed by atoms with E-state index in [0.29, 0.717) is 0 Å². The van der Waals surface area contributed by atoms with Crippen molar-refractivity contribution in [2.75, 3.05) is 0 Å². The van der Waals surface area contributed by atoms with Crippen LogP contribution in [0, 0.1) is 88.8 Å². The summed E-state index contributed by atoms with van der Waals surface area (Å²) in [7, 11) is 0. The van der Waals surface area contributed by atoms with Gasteiger partial charge in [0, 0.05) is 0 Å². The molecule has 0 aliphatic rings. The minimum atomic E-state index is 0.763. The van der Waals surface area contributed by atoms with Gasteiger partial charge in [-0.05, 0) is 88.8 Å². The summed E-state index contributed by atoms with van der Waals surface area (Å²) >= 11 is 0. The monoisotopic (exact) mass is 465 g/mol. The van der Waals surface area contributed by atoms with E-state index in [0.717, 1.165) is 88.8 Å². The fourth-order valence-electron chi connectivity index (χ4n) is 6.76. The van der Waals surface area contributed by atoms with Crippen molar-refractivity contribution in [3.8, 4) is 0 Å². The fraction of sp³-hybridized carbons (Fsp3) is 1.00. The second-order valence-electron chi connectivity index (χ2n) is 13.8. The standard InChI is InChI=1S/C33H68/c1-18-20(4)22(6)24(8)26(10)28(12)30(14)32(16)33(17)31(15)29(13)27(11)25(9)23(7)21(5)19(2)3/h19-33H,18H2,1-17H3. The highest BCUT2D eigenvalue weighted by Crippen LogP contribution is 2.43. The molecule has 0 nitrogen and oxygen atoms in total. The molecule has 0 aliphatic heterocycles. The lowest BCUT2D eigenvalue weighted by Gasteiger charge is -2.43. The molecule has 0 spiro atoms. The zero-order valence-electron chi connectivity index (χ0n) is 26.4. The first-order valence-electron chi connectivity index (χ1n) is 15.0. The predicted octanol–water partition coefficient (Wildman–Crippen LogP) is 11.0. The molecule has 33 heavy (non-hydrogen) atoms. The summed E-state index contributed by atoms with van der Waals surface area (Å²) in [5, 5.41) is 0. The van der Waals surface area contributed by atoms with E-state index in [-0.39, 0.29) is 0 Å². The molecular formula is C33H68. The Morgan fingerprint density at radius 3 is 0.636 bits per heavy atom. The van der Waals surface area contributed by atoms with Crippen LogP contribution in [0.25, 0.3) is 0 Å². The molecule has 0 aliphatic carbocycles. The van der Waals surface area contributed by atoms with Crippen LogP contribution in [0.15, 0.2) is 0 Å². The van der Waals surface area contributed by atoms with Gasteiger partial charge >= 0.3 is 0 Å². The van der Waals surface area contributed by atoms with Crippen molar-refractivity contribution in [2.45, 2.75) is 124 Å². The summed E-state index contributed by atoms with van der Waals surface area (Å²) in [6.45, 7) is 42.5. The minimum Gasteiger partial charge on any atom is -0.0651 e. The number of rotatable bonds is 15. The number of hydrogen-bond donors (Lipinski definition) is 0. The predicted molar refractivity (Wildman–Crippen MR) is 153 cm³/mol. The summed E-state index contributed by atoms with van der Waals surface area (Å²) in [6, 6.07) is 0. The average molecular weight is 465 g/mol. The Bertz CT molecular complexity index is 506. The molecule has 0 aromatic rings. The average Bonchev–Trinajstić information content (AvgIpc) is 2.81. The largest absolute Gasteiger partial charge is 0.0651 e. The Morgan fingerprint density at radius 2 is 0.455 bits per heavy atom. The summed E-state index contributed by atoms with van der Waals surface area (Å²) in [6.07, 6.45) is 1.30. The normalized spacial score (nSPS) is 25.6. The van der Waals surface area contributed by atoms with Gasteiger partial charge in [-0.3, -0.25) is 0 Å². The molecule has 0 N–H and O–H groups in total. The molecule has 0 amide bonds. The van der Waals surface area contributed by atoms with E-state index in [1.165, 1.54) is 6.42 Å². The van der Waals surface area contributed by atoms with Gasteiger partial charge in [0.2, 0.25) is 0 Å². The Morgan fingerprint density at radius 1 is 0.273 bits per heavy atom. The van der Waals surface area contributed by atoms with Crippen LogP contribution >= 0.6 is 0 Å². The van der Waals surface area contributed by atoms with Crippen molar-refractivity contribution in [3.05, 3.63) is 0 Å². The van der Waals surface area contributed by atoms with Crippen molar-refractivity contribution >= 4 is 0 Å². The van der Waals surface area contributed by atoms with Crippen molar-refractivity contribution < 1.29 is 0 Å². The number of hydrogen-bond acceptors (Lipinski definition) is 0. The van der Waals surface area contributed by atoms with E-state index in [9.17, 15) is 0 Å². The lowest BCUT2D eigenvalue weighted by atomic mass is 9.62. The van der Waals surface area contributed by atoms with Crippen molar-refractivity contribution in [2.24, 2.45) is 88.8 Å². The minimum absolute atomic E-state index is 0.763. The fourth-order valence-corrected chi connectivity index (χ4v) is 6.76. The van der Waals surface area contributed by atoms with Gasteiger partial charge < -0.3 is 0 Å². The second kappa shape index (κ2) is 14.5. The van der Waals surface area contributed by atoms with Gasteiger partial charge in [-0.1, -0.05) is 124 Å². The maximum atomic E-state index is 2.56. The van der Waals surface area contributed by atoms with Crippen LogP contribution in [-0.4, -0.2) is 0 Å². The summed E-state index contributed by atoms with van der Waals surface area (Å²) in [5.74, 6) is 11.7. The highest BCUT2D eigenvalue weighted by Gasteiger charge is 2.37. The zero-order chi connectivity index (χ0) is 26.4. The van der Waals surface area contributed by atoms with Gasteiger partial charge in [-0.15, -0.1) is 0 Å². The molecule has 0 aromatic carbocycles. The first kappa shape index (κ1) is 33.0. The molecule has 0 rings (SSSR count). The van der Waals surface area contributed by atoms with Gasteiger partial charge in [0.15, 0.2) is 0 Å². The highest BCUT2D eigenvalue weighted by atomic mass is 14.4. The summed E-state index contributed by atoms with van der Waals surface area (Å²) < 4.78 is 0. The van der Waals surface area contributed by atoms with E-state index in [1.807, 2.05) is 0 Å². The quantitative estimate of drug-likeness (QED) is 0.226.